The number of aliphatic hydroxyl groups is 1. The highest BCUT2D eigenvalue weighted by atomic mass is 16.3. The van der Waals surface area contributed by atoms with Gasteiger partial charge in [0.15, 0.2) is 0 Å². The van der Waals surface area contributed by atoms with Crippen LogP contribution < -0.4 is 0 Å². The zero-order chi connectivity index (χ0) is 13.5. The van der Waals surface area contributed by atoms with Crippen molar-refractivity contribution in [2.75, 3.05) is 6.54 Å². The summed E-state index contributed by atoms with van der Waals surface area (Å²) < 4.78 is 0. The highest BCUT2D eigenvalue weighted by Crippen LogP contribution is 2.41. The van der Waals surface area contributed by atoms with Crippen LogP contribution >= 0.6 is 0 Å². The number of rotatable bonds is 2. The SMILES string of the molecule is O=C1C2CCCC2C(=O)N1CC1(O)CCCCCC1. The first-order valence-corrected chi connectivity index (χ1v) is 7.68. The summed E-state index contributed by atoms with van der Waals surface area (Å²) in [5, 5.41) is 10.7. The number of likely N-dealkylation sites (tertiary alicyclic amines) is 1. The Morgan fingerprint density at radius 2 is 1.47 bits per heavy atom. The minimum atomic E-state index is -0.833. The third-order valence-corrected chi connectivity index (χ3v) is 5.17. The number of hydrogen-bond donors (Lipinski definition) is 1. The van der Waals surface area contributed by atoms with Crippen LogP contribution in [-0.4, -0.2) is 34.0 Å². The van der Waals surface area contributed by atoms with E-state index in [-0.39, 0.29) is 30.2 Å². The van der Waals surface area contributed by atoms with Crippen LogP contribution in [0, 0.1) is 11.8 Å². The second-order valence-corrected chi connectivity index (χ2v) is 6.55. The summed E-state index contributed by atoms with van der Waals surface area (Å²) in [4.78, 5) is 26.0. The third-order valence-electron chi connectivity index (χ3n) is 5.17. The molecule has 0 bridgehead atoms. The lowest BCUT2D eigenvalue weighted by Crippen LogP contribution is -2.46. The van der Waals surface area contributed by atoms with E-state index in [1.165, 1.54) is 4.90 Å². The average Bonchev–Trinajstić information content (AvgIpc) is 2.86. The van der Waals surface area contributed by atoms with Crippen molar-refractivity contribution in [3.63, 3.8) is 0 Å². The van der Waals surface area contributed by atoms with E-state index < -0.39 is 5.60 Å². The van der Waals surface area contributed by atoms with E-state index in [1.54, 1.807) is 0 Å². The van der Waals surface area contributed by atoms with E-state index in [2.05, 4.69) is 0 Å². The molecule has 1 aliphatic heterocycles. The second-order valence-electron chi connectivity index (χ2n) is 6.55. The van der Waals surface area contributed by atoms with Gasteiger partial charge in [-0.15, -0.1) is 0 Å². The van der Waals surface area contributed by atoms with Crippen molar-refractivity contribution in [3.8, 4) is 0 Å². The van der Waals surface area contributed by atoms with Crippen molar-refractivity contribution >= 4 is 11.8 Å². The zero-order valence-electron chi connectivity index (χ0n) is 11.4. The van der Waals surface area contributed by atoms with E-state index in [9.17, 15) is 14.7 Å². The Bertz CT molecular complexity index is 363. The van der Waals surface area contributed by atoms with Gasteiger partial charge >= 0.3 is 0 Å². The summed E-state index contributed by atoms with van der Waals surface area (Å²) in [6.45, 7) is 0.234. The van der Waals surface area contributed by atoms with Crippen molar-refractivity contribution in [1.82, 2.24) is 4.90 Å². The maximum absolute atomic E-state index is 12.3. The smallest absolute Gasteiger partial charge is 0.233 e. The number of carbonyl (C=O) groups is 2. The van der Waals surface area contributed by atoms with Gasteiger partial charge in [0.2, 0.25) is 11.8 Å². The molecule has 0 radical (unpaired) electrons. The molecule has 3 rings (SSSR count). The molecule has 2 unspecified atom stereocenters. The van der Waals surface area contributed by atoms with E-state index >= 15 is 0 Å². The molecule has 1 heterocycles. The van der Waals surface area contributed by atoms with Crippen LogP contribution in [0.1, 0.15) is 57.8 Å². The van der Waals surface area contributed by atoms with Crippen LogP contribution in [0.5, 0.6) is 0 Å². The molecule has 3 fully saturated rings. The molecule has 0 aromatic heterocycles. The molecule has 4 heteroatoms. The summed E-state index contributed by atoms with van der Waals surface area (Å²) in [5.74, 6) is -0.209. The standard InChI is InChI=1S/C15H23NO3/c17-13-11-6-5-7-12(11)14(18)16(13)10-15(19)8-3-1-2-4-9-15/h11-12,19H,1-10H2. The number of hydrogen-bond acceptors (Lipinski definition) is 3. The van der Waals surface area contributed by atoms with Gasteiger partial charge in [-0.3, -0.25) is 14.5 Å². The molecule has 0 aromatic carbocycles. The fourth-order valence-electron chi connectivity index (χ4n) is 4.06. The van der Waals surface area contributed by atoms with Crippen LogP contribution in [0.2, 0.25) is 0 Å². The fraction of sp³-hybridized carbons (Fsp3) is 0.867. The number of amides is 2. The van der Waals surface area contributed by atoms with Gasteiger partial charge in [-0.25, -0.2) is 0 Å². The fourth-order valence-corrected chi connectivity index (χ4v) is 4.06. The molecule has 2 atom stereocenters. The molecule has 0 aromatic rings. The van der Waals surface area contributed by atoms with Gasteiger partial charge in [0.1, 0.15) is 0 Å². The van der Waals surface area contributed by atoms with Crippen LogP contribution in [0.4, 0.5) is 0 Å². The second kappa shape index (κ2) is 4.89. The van der Waals surface area contributed by atoms with E-state index in [1.807, 2.05) is 0 Å². The van der Waals surface area contributed by atoms with Crippen LogP contribution in [0.15, 0.2) is 0 Å². The molecule has 1 saturated heterocycles. The molecule has 0 spiro atoms. The molecule has 106 valence electrons. The first-order valence-electron chi connectivity index (χ1n) is 7.68. The molecule has 2 amide bonds. The van der Waals surface area contributed by atoms with Gasteiger partial charge in [0.25, 0.3) is 0 Å². The Kier molecular flexibility index (Phi) is 3.37. The maximum atomic E-state index is 12.3. The van der Waals surface area contributed by atoms with Gasteiger partial charge in [0, 0.05) is 0 Å². The van der Waals surface area contributed by atoms with Gasteiger partial charge in [0.05, 0.1) is 24.0 Å². The average molecular weight is 265 g/mol. The van der Waals surface area contributed by atoms with Gasteiger partial charge in [-0.2, -0.15) is 0 Å². The summed E-state index contributed by atoms with van der Waals surface area (Å²) in [5.41, 5.74) is -0.833. The first-order chi connectivity index (χ1) is 9.11. The quantitative estimate of drug-likeness (QED) is 0.612. The van der Waals surface area contributed by atoms with Crippen molar-refractivity contribution in [2.45, 2.75) is 63.4 Å². The minimum absolute atomic E-state index is 0.0230. The summed E-state index contributed by atoms with van der Waals surface area (Å²) in [6, 6.07) is 0. The molecule has 4 nitrogen and oxygen atoms in total. The molecule has 2 aliphatic carbocycles. The van der Waals surface area contributed by atoms with E-state index in [0.717, 1.165) is 57.8 Å². The number of β-amino-alcohol motifs (C(OH)–C–C–N with tert-alkyl or cyclic N) is 1. The topological polar surface area (TPSA) is 57.6 Å². The van der Waals surface area contributed by atoms with Crippen LogP contribution in [0.25, 0.3) is 0 Å². The van der Waals surface area contributed by atoms with E-state index in [0.29, 0.717) is 0 Å². The Morgan fingerprint density at radius 1 is 0.947 bits per heavy atom. The number of carbonyl (C=O) groups excluding carboxylic acids is 2. The monoisotopic (exact) mass is 265 g/mol. The third kappa shape index (κ3) is 2.31. The first kappa shape index (κ1) is 13.1. The van der Waals surface area contributed by atoms with Crippen LogP contribution in [0.3, 0.4) is 0 Å². The normalized spacial score (nSPS) is 34.5. The summed E-state index contributed by atoms with van der Waals surface area (Å²) in [7, 11) is 0. The van der Waals surface area contributed by atoms with Gasteiger partial charge in [-0.05, 0) is 25.7 Å². The van der Waals surface area contributed by atoms with Crippen molar-refractivity contribution in [3.05, 3.63) is 0 Å². The lowest BCUT2D eigenvalue weighted by Gasteiger charge is -2.31. The Hall–Kier alpha value is -0.900. The lowest BCUT2D eigenvalue weighted by atomic mass is 9.94. The van der Waals surface area contributed by atoms with Crippen molar-refractivity contribution in [2.24, 2.45) is 11.8 Å². The number of fused-ring (bicyclic) bond motifs is 1. The van der Waals surface area contributed by atoms with Gasteiger partial charge in [-0.1, -0.05) is 32.1 Å². The number of imide groups is 1. The molecular formula is C15H23NO3. The van der Waals surface area contributed by atoms with Gasteiger partial charge < -0.3 is 5.11 Å². The largest absolute Gasteiger partial charge is 0.388 e. The Balaban J connectivity index is 1.72. The highest BCUT2D eigenvalue weighted by molar-refractivity contribution is 6.05. The maximum Gasteiger partial charge on any atom is 0.233 e. The molecular weight excluding hydrogens is 242 g/mol. The predicted octanol–water partition coefficient (Wildman–Crippen LogP) is 1.86. The van der Waals surface area contributed by atoms with Crippen molar-refractivity contribution < 1.29 is 14.7 Å². The van der Waals surface area contributed by atoms with Crippen molar-refractivity contribution in [1.29, 1.82) is 0 Å². The Morgan fingerprint density at radius 3 is 2.00 bits per heavy atom. The summed E-state index contributed by atoms with van der Waals surface area (Å²) >= 11 is 0. The number of nitrogens with zero attached hydrogens (tertiary/aromatic N) is 1. The zero-order valence-corrected chi connectivity index (χ0v) is 11.4. The van der Waals surface area contributed by atoms with E-state index in [4.69, 9.17) is 0 Å². The van der Waals surface area contributed by atoms with Crippen LogP contribution in [-0.2, 0) is 9.59 Å². The highest BCUT2D eigenvalue weighted by Gasteiger charge is 2.51. The molecule has 1 N–H and O–H groups in total. The predicted molar refractivity (Wildman–Crippen MR) is 70.2 cm³/mol. The molecule has 19 heavy (non-hydrogen) atoms. The molecule has 2 saturated carbocycles. The lowest BCUT2D eigenvalue weighted by molar-refractivity contribution is -0.145. The Labute approximate surface area is 114 Å². The summed E-state index contributed by atoms with van der Waals surface area (Å²) in [6.07, 6.45) is 8.43. The minimum Gasteiger partial charge on any atom is -0.388 e. The molecule has 3 aliphatic rings.